The Bertz CT molecular complexity index is 846. The summed E-state index contributed by atoms with van der Waals surface area (Å²) >= 11 is 0. The smallest absolute Gasteiger partial charge is 0.191 e. The van der Waals surface area contributed by atoms with E-state index in [1.807, 2.05) is 6.20 Å². The number of nitrogens with one attached hydrogen (secondary N) is 2. The summed E-state index contributed by atoms with van der Waals surface area (Å²) in [4.78, 5) is 11.4. The van der Waals surface area contributed by atoms with E-state index in [1.54, 1.807) is 14.2 Å². The fraction of sp³-hybridized carbons (Fsp3) is 0.520. The minimum atomic E-state index is 0.528. The number of methoxy groups -OCH3 is 1. The standard InChI is InChI=1S/C25H37N5O2/c1-20-8-10-22(23(16-20)32-15-14-31-3)19-29-25(26-2)28-18-21-9-11-24(27-17-21)30-12-6-4-5-7-13-30/h8-11,16-17H,4-7,12-15,18-19H2,1-3H3,(H2,26,28,29). The zero-order chi connectivity index (χ0) is 22.6. The van der Waals surface area contributed by atoms with Gasteiger partial charge in [0.25, 0.3) is 0 Å². The van der Waals surface area contributed by atoms with Crippen LogP contribution in [0.2, 0.25) is 0 Å². The number of nitrogens with zero attached hydrogens (tertiary/aromatic N) is 3. The lowest BCUT2D eigenvalue weighted by atomic mass is 10.1. The fourth-order valence-corrected chi connectivity index (χ4v) is 3.77. The highest BCUT2D eigenvalue weighted by Crippen LogP contribution is 2.20. The Morgan fingerprint density at radius 1 is 1.03 bits per heavy atom. The SMILES string of the molecule is CN=C(NCc1ccc(N2CCCCCC2)nc1)NCc1ccc(C)cc1OCCOC. The van der Waals surface area contributed by atoms with E-state index >= 15 is 0 Å². The highest BCUT2D eigenvalue weighted by atomic mass is 16.5. The number of aryl methyl sites for hydroxylation is 1. The number of aromatic nitrogens is 1. The lowest BCUT2D eigenvalue weighted by Crippen LogP contribution is -2.36. The Balaban J connectivity index is 1.51. The second-order valence-electron chi connectivity index (χ2n) is 8.16. The number of guanidine groups is 1. The molecule has 1 aliphatic rings. The van der Waals surface area contributed by atoms with Gasteiger partial charge < -0.3 is 25.0 Å². The molecule has 2 heterocycles. The predicted molar refractivity (Wildman–Crippen MR) is 131 cm³/mol. The van der Waals surface area contributed by atoms with Crippen molar-refractivity contribution in [1.82, 2.24) is 15.6 Å². The molecule has 2 aromatic rings. The molecule has 0 amide bonds. The van der Waals surface area contributed by atoms with Gasteiger partial charge in [0.1, 0.15) is 18.2 Å². The molecule has 0 saturated carbocycles. The van der Waals surface area contributed by atoms with Gasteiger partial charge in [-0.3, -0.25) is 4.99 Å². The van der Waals surface area contributed by atoms with Crippen molar-refractivity contribution in [1.29, 1.82) is 0 Å². The zero-order valence-electron chi connectivity index (χ0n) is 19.7. The summed E-state index contributed by atoms with van der Waals surface area (Å²) in [7, 11) is 3.46. The van der Waals surface area contributed by atoms with Crippen LogP contribution in [0.25, 0.3) is 0 Å². The van der Waals surface area contributed by atoms with E-state index in [9.17, 15) is 0 Å². The molecule has 0 unspecified atom stereocenters. The molecule has 7 heteroatoms. The first-order valence-electron chi connectivity index (χ1n) is 11.6. The van der Waals surface area contributed by atoms with E-state index in [0.717, 1.165) is 41.7 Å². The molecule has 1 aromatic heterocycles. The van der Waals surface area contributed by atoms with Crippen LogP contribution in [-0.2, 0) is 17.8 Å². The molecule has 7 nitrogen and oxygen atoms in total. The third kappa shape index (κ3) is 7.41. The van der Waals surface area contributed by atoms with E-state index in [2.05, 4.69) is 57.8 Å². The van der Waals surface area contributed by atoms with Crippen molar-refractivity contribution in [2.45, 2.75) is 45.7 Å². The maximum absolute atomic E-state index is 5.89. The Morgan fingerprint density at radius 2 is 1.81 bits per heavy atom. The van der Waals surface area contributed by atoms with Crippen molar-refractivity contribution in [3.05, 3.63) is 53.2 Å². The van der Waals surface area contributed by atoms with Gasteiger partial charge in [-0.25, -0.2) is 4.98 Å². The third-order valence-corrected chi connectivity index (χ3v) is 5.64. The molecule has 0 radical (unpaired) electrons. The van der Waals surface area contributed by atoms with E-state index in [4.69, 9.17) is 14.5 Å². The topological polar surface area (TPSA) is 71.0 Å². The summed E-state index contributed by atoms with van der Waals surface area (Å²) in [5, 5.41) is 6.75. The number of benzene rings is 1. The molecule has 2 N–H and O–H groups in total. The monoisotopic (exact) mass is 439 g/mol. The predicted octanol–water partition coefficient (Wildman–Crippen LogP) is 3.66. The van der Waals surface area contributed by atoms with Gasteiger partial charge in [0.05, 0.1) is 6.61 Å². The van der Waals surface area contributed by atoms with Crippen LogP contribution < -0.4 is 20.3 Å². The molecule has 0 aliphatic carbocycles. The van der Waals surface area contributed by atoms with Gasteiger partial charge in [-0.2, -0.15) is 0 Å². The van der Waals surface area contributed by atoms with Gasteiger partial charge in [0.15, 0.2) is 5.96 Å². The lowest BCUT2D eigenvalue weighted by molar-refractivity contribution is 0.145. The number of aliphatic imine (C=N–C) groups is 1. The van der Waals surface area contributed by atoms with Crippen molar-refractivity contribution in [2.24, 2.45) is 4.99 Å². The molecule has 0 atom stereocenters. The third-order valence-electron chi connectivity index (χ3n) is 5.64. The number of anilines is 1. The van der Waals surface area contributed by atoms with Gasteiger partial charge >= 0.3 is 0 Å². The maximum Gasteiger partial charge on any atom is 0.191 e. The second kappa shape index (κ2) is 12.9. The normalized spacial score (nSPS) is 14.7. The molecule has 1 fully saturated rings. The molecule has 3 rings (SSSR count). The Morgan fingerprint density at radius 3 is 2.50 bits per heavy atom. The van der Waals surface area contributed by atoms with Crippen molar-refractivity contribution in [3.63, 3.8) is 0 Å². The number of rotatable bonds is 9. The van der Waals surface area contributed by atoms with Crippen LogP contribution in [0.5, 0.6) is 5.75 Å². The second-order valence-corrected chi connectivity index (χ2v) is 8.16. The molecule has 32 heavy (non-hydrogen) atoms. The largest absolute Gasteiger partial charge is 0.491 e. The Hall–Kier alpha value is -2.80. The van der Waals surface area contributed by atoms with Gasteiger partial charge in [-0.05, 0) is 43.0 Å². The molecule has 1 aliphatic heterocycles. The molecular weight excluding hydrogens is 402 g/mol. The van der Waals surface area contributed by atoms with Crippen LogP contribution in [-0.4, -0.2) is 51.4 Å². The van der Waals surface area contributed by atoms with Crippen LogP contribution in [0.3, 0.4) is 0 Å². The Labute approximate surface area is 192 Å². The number of hydrogen-bond donors (Lipinski definition) is 2. The van der Waals surface area contributed by atoms with E-state index in [0.29, 0.717) is 26.3 Å². The average Bonchev–Trinajstić information content (AvgIpc) is 3.10. The van der Waals surface area contributed by atoms with Crippen molar-refractivity contribution in [2.75, 3.05) is 45.4 Å². The first-order chi connectivity index (χ1) is 15.7. The summed E-state index contributed by atoms with van der Waals surface area (Å²) in [5.41, 5.74) is 3.38. The maximum atomic E-state index is 5.89. The highest BCUT2D eigenvalue weighted by molar-refractivity contribution is 5.79. The number of pyridine rings is 1. The molecule has 1 saturated heterocycles. The minimum Gasteiger partial charge on any atom is -0.491 e. The molecule has 1 aromatic carbocycles. The van der Waals surface area contributed by atoms with Gasteiger partial charge in [0.2, 0.25) is 0 Å². The summed E-state index contributed by atoms with van der Waals surface area (Å²) in [6.45, 7) is 6.66. The van der Waals surface area contributed by atoms with Crippen LogP contribution in [0.15, 0.2) is 41.5 Å². The van der Waals surface area contributed by atoms with Gasteiger partial charge in [-0.1, -0.05) is 31.0 Å². The molecule has 0 spiro atoms. The number of hydrogen-bond acceptors (Lipinski definition) is 5. The molecule has 174 valence electrons. The minimum absolute atomic E-state index is 0.528. The van der Waals surface area contributed by atoms with Gasteiger partial charge in [0, 0.05) is 52.1 Å². The van der Waals surface area contributed by atoms with Crippen LogP contribution >= 0.6 is 0 Å². The van der Waals surface area contributed by atoms with E-state index in [-0.39, 0.29) is 0 Å². The van der Waals surface area contributed by atoms with Crippen molar-refractivity contribution >= 4 is 11.8 Å². The van der Waals surface area contributed by atoms with E-state index in [1.165, 1.54) is 31.2 Å². The number of ether oxygens (including phenoxy) is 2. The first kappa shape index (κ1) is 23.9. The van der Waals surface area contributed by atoms with Crippen LogP contribution in [0.1, 0.15) is 42.4 Å². The van der Waals surface area contributed by atoms with Crippen molar-refractivity contribution < 1.29 is 9.47 Å². The summed E-state index contributed by atoms with van der Waals surface area (Å²) < 4.78 is 11.0. The van der Waals surface area contributed by atoms with Gasteiger partial charge in [-0.15, -0.1) is 0 Å². The summed E-state index contributed by atoms with van der Waals surface area (Å²) in [6, 6.07) is 10.5. The highest BCUT2D eigenvalue weighted by Gasteiger charge is 2.11. The molecule has 0 bridgehead atoms. The summed E-state index contributed by atoms with van der Waals surface area (Å²) in [6.07, 6.45) is 7.13. The zero-order valence-corrected chi connectivity index (χ0v) is 19.7. The summed E-state index contributed by atoms with van der Waals surface area (Å²) in [5.74, 6) is 2.70. The van der Waals surface area contributed by atoms with E-state index < -0.39 is 0 Å². The molecular formula is C25H37N5O2. The Kier molecular flexibility index (Phi) is 9.62. The average molecular weight is 440 g/mol. The van der Waals surface area contributed by atoms with Crippen LogP contribution in [0, 0.1) is 6.92 Å². The van der Waals surface area contributed by atoms with Crippen LogP contribution in [0.4, 0.5) is 5.82 Å². The lowest BCUT2D eigenvalue weighted by Gasteiger charge is -2.21. The fourth-order valence-electron chi connectivity index (χ4n) is 3.77. The first-order valence-corrected chi connectivity index (χ1v) is 11.6. The quantitative estimate of drug-likeness (QED) is 0.353. The van der Waals surface area contributed by atoms with Crippen molar-refractivity contribution in [3.8, 4) is 5.75 Å².